The first-order chi connectivity index (χ1) is 9.11. The zero-order valence-corrected chi connectivity index (χ0v) is 11.5. The van der Waals surface area contributed by atoms with E-state index >= 15 is 0 Å². The van der Waals surface area contributed by atoms with Gasteiger partial charge in [0.2, 0.25) is 5.91 Å². The molecule has 102 valence electrons. The van der Waals surface area contributed by atoms with Gasteiger partial charge in [0.25, 0.3) is 0 Å². The number of carbonyl (C=O) groups is 1. The lowest BCUT2D eigenvalue weighted by Crippen LogP contribution is -2.44. The fraction of sp³-hybridized carbons (Fsp3) is 0.438. The molecule has 0 heterocycles. The molecule has 1 aromatic rings. The number of amides is 1. The van der Waals surface area contributed by atoms with E-state index in [0.717, 1.165) is 12.8 Å². The van der Waals surface area contributed by atoms with Gasteiger partial charge >= 0.3 is 0 Å². The van der Waals surface area contributed by atoms with Crippen LogP contribution in [0.5, 0.6) is 0 Å². The Morgan fingerprint density at radius 3 is 2.89 bits per heavy atom. The summed E-state index contributed by atoms with van der Waals surface area (Å²) in [5.41, 5.74) is 8.31. The highest BCUT2D eigenvalue weighted by Crippen LogP contribution is 2.29. The fourth-order valence-electron chi connectivity index (χ4n) is 2.27. The lowest BCUT2D eigenvalue weighted by molar-refractivity contribution is -0.133. The molecule has 0 saturated heterocycles. The van der Waals surface area contributed by atoms with E-state index in [2.05, 4.69) is 31.7 Å². The van der Waals surface area contributed by atoms with Gasteiger partial charge < -0.3 is 10.6 Å². The number of aryl methyl sites for hydroxylation is 1. The lowest BCUT2D eigenvalue weighted by Gasteiger charge is -2.25. The van der Waals surface area contributed by atoms with Crippen LogP contribution in [0.25, 0.3) is 0 Å². The molecule has 0 aliphatic heterocycles. The third-order valence-corrected chi connectivity index (χ3v) is 3.44. The summed E-state index contributed by atoms with van der Waals surface area (Å²) in [4.78, 5) is 14.3. The Morgan fingerprint density at radius 2 is 2.32 bits per heavy atom. The monoisotopic (exact) mass is 258 g/mol. The quantitative estimate of drug-likeness (QED) is 0.796. The molecule has 3 nitrogen and oxygen atoms in total. The highest BCUT2D eigenvalue weighted by molar-refractivity contribution is 5.82. The fourth-order valence-corrected chi connectivity index (χ4v) is 2.27. The molecule has 3 heteroatoms. The van der Waals surface area contributed by atoms with Crippen molar-refractivity contribution < 1.29 is 4.79 Å². The second kappa shape index (κ2) is 6.02. The Hall–Kier alpha value is -1.61. The molecular formula is C16H22N2O. The molecule has 1 saturated carbocycles. The van der Waals surface area contributed by atoms with Crippen LogP contribution in [-0.4, -0.2) is 22.9 Å². The Balaban J connectivity index is 2.08. The number of nitrogens with two attached hydrogens (primary N) is 1. The van der Waals surface area contributed by atoms with Gasteiger partial charge in [0.1, 0.15) is 0 Å². The summed E-state index contributed by atoms with van der Waals surface area (Å²) in [6.07, 6.45) is 4.44. The van der Waals surface area contributed by atoms with Crippen LogP contribution < -0.4 is 5.73 Å². The van der Waals surface area contributed by atoms with E-state index in [1.54, 1.807) is 6.08 Å². The second-order valence-corrected chi connectivity index (χ2v) is 5.32. The number of hydrogen-bond acceptors (Lipinski definition) is 2. The number of hydrogen-bond donors (Lipinski definition) is 1. The zero-order chi connectivity index (χ0) is 13.8. The van der Waals surface area contributed by atoms with Crippen molar-refractivity contribution in [2.45, 2.75) is 44.8 Å². The Kier molecular flexibility index (Phi) is 4.38. The van der Waals surface area contributed by atoms with E-state index in [1.165, 1.54) is 11.1 Å². The maximum atomic E-state index is 12.4. The van der Waals surface area contributed by atoms with Crippen molar-refractivity contribution >= 4 is 5.91 Å². The van der Waals surface area contributed by atoms with Gasteiger partial charge in [0.15, 0.2) is 0 Å². The number of carbonyl (C=O) groups excluding carboxylic acids is 1. The first-order valence-corrected chi connectivity index (χ1v) is 6.84. The van der Waals surface area contributed by atoms with Gasteiger partial charge in [-0.1, -0.05) is 35.9 Å². The molecular weight excluding hydrogens is 236 g/mol. The predicted molar refractivity (Wildman–Crippen MR) is 77.5 cm³/mol. The smallest absolute Gasteiger partial charge is 0.240 e. The van der Waals surface area contributed by atoms with Crippen LogP contribution in [0.2, 0.25) is 0 Å². The zero-order valence-electron chi connectivity index (χ0n) is 11.5. The predicted octanol–water partition coefficient (Wildman–Crippen LogP) is 2.39. The molecule has 0 bridgehead atoms. The van der Waals surface area contributed by atoms with Gasteiger partial charge in [0.05, 0.1) is 6.04 Å². The standard InChI is InChI=1S/C16H22N2O/c1-3-5-15(17)16(19)18(14-8-9-14)11-13-7-4-6-12(2)10-13/h3-4,6-7,10,14-15H,1,5,8-9,11,17H2,2H3. The third-order valence-electron chi connectivity index (χ3n) is 3.44. The minimum absolute atomic E-state index is 0.0453. The number of benzene rings is 1. The summed E-state index contributed by atoms with van der Waals surface area (Å²) >= 11 is 0. The summed E-state index contributed by atoms with van der Waals surface area (Å²) in [7, 11) is 0. The molecule has 1 fully saturated rings. The first kappa shape index (κ1) is 13.8. The molecule has 0 radical (unpaired) electrons. The summed E-state index contributed by atoms with van der Waals surface area (Å²) in [6.45, 7) is 6.38. The van der Waals surface area contributed by atoms with Crippen LogP contribution in [0, 0.1) is 6.92 Å². The van der Waals surface area contributed by atoms with E-state index in [9.17, 15) is 4.79 Å². The largest absolute Gasteiger partial charge is 0.334 e. The molecule has 2 N–H and O–H groups in total. The Labute approximate surface area is 115 Å². The average Bonchev–Trinajstić information content (AvgIpc) is 3.20. The summed E-state index contributed by atoms with van der Waals surface area (Å²) in [5.74, 6) is 0.0453. The van der Waals surface area contributed by atoms with Crippen LogP contribution in [0.4, 0.5) is 0 Å². The third kappa shape index (κ3) is 3.67. The highest BCUT2D eigenvalue weighted by atomic mass is 16.2. The van der Waals surface area contributed by atoms with Crippen molar-refractivity contribution in [2.75, 3.05) is 0 Å². The van der Waals surface area contributed by atoms with Gasteiger partial charge in [-0.25, -0.2) is 0 Å². The molecule has 0 spiro atoms. The normalized spacial score (nSPS) is 15.9. The Bertz CT molecular complexity index is 466. The van der Waals surface area contributed by atoms with E-state index in [4.69, 9.17) is 5.73 Å². The van der Waals surface area contributed by atoms with Gasteiger partial charge in [-0.2, -0.15) is 0 Å². The summed E-state index contributed by atoms with van der Waals surface area (Å²) in [5, 5.41) is 0. The summed E-state index contributed by atoms with van der Waals surface area (Å²) in [6, 6.07) is 8.21. The van der Waals surface area contributed by atoms with Crippen LogP contribution in [-0.2, 0) is 11.3 Å². The SMILES string of the molecule is C=CCC(N)C(=O)N(Cc1cccc(C)c1)C1CC1. The van der Waals surface area contributed by atoms with Crippen molar-refractivity contribution in [1.82, 2.24) is 4.90 Å². The van der Waals surface area contributed by atoms with Crippen LogP contribution >= 0.6 is 0 Å². The van der Waals surface area contributed by atoms with Crippen molar-refractivity contribution in [2.24, 2.45) is 5.73 Å². The highest BCUT2D eigenvalue weighted by Gasteiger charge is 2.34. The van der Waals surface area contributed by atoms with E-state index < -0.39 is 6.04 Å². The van der Waals surface area contributed by atoms with Gasteiger partial charge in [-0.05, 0) is 31.7 Å². The van der Waals surface area contributed by atoms with E-state index in [-0.39, 0.29) is 5.91 Å². The van der Waals surface area contributed by atoms with E-state index in [0.29, 0.717) is 19.0 Å². The molecule has 19 heavy (non-hydrogen) atoms. The lowest BCUT2D eigenvalue weighted by atomic mass is 10.1. The van der Waals surface area contributed by atoms with Crippen molar-refractivity contribution in [3.05, 3.63) is 48.0 Å². The molecule has 1 aliphatic carbocycles. The van der Waals surface area contributed by atoms with Crippen LogP contribution in [0.1, 0.15) is 30.4 Å². The van der Waals surface area contributed by atoms with Gasteiger partial charge in [-0.3, -0.25) is 4.79 Å². The van der Waals surface area contributed by atoms with Crippen molar-refractivity contribution in [3.63, 3.8) is 0 Å². The second-order valence-electron chi connectivity index (χ2n) is 5.32. The number of rotatable bonds is 6. The average molecular weight is 258 g/mol. The minimum Gasteiger partial charge on any atom is -0.334 e. The topological polar surface area (TPSA) is 46.3 Å². The maximum absolute atomic E-state index is 12.4. The van der Waals surface area contributed by atoms with E-state index in [1.807, 2.05) is 11.0 Å². The van der Waals surface area contributed by atoms with Crippen LogP contribution in [0.15, 0.2) is 36.9 Å². The molecule has 0 aromatic heterocycles. The molecule has 1 atom stereocenters. The minimum atomic E-state index is -0.456. The molecule has 1 amide bonds. The Morgan fingerprint density at radius 1 is 1.58 bits per heavy atom. The van der Waals surface area contributed by atoms with Gasteiger partial charge in [-0.15, -0.1) is 6.58 Å². The van der Waals surface area contributed by atoms with Crippen molar-refractivity contribution in [3.8, 4) is 0 Å². The first-order valence-electron chi connectivity index (χ1n) is 6.84. The summed E-state index contributed by atoms with van der Waals surface area (Å²) < 4.78 is 0. The molecule has 2 rings (SSSR count). The van der Waals surface area contributed by atoms with Crippen LogP contribution in [0.3, 0.4) is 0 Å². The molecule has 1 aliphatic rings. The van der Waals surface area contributed by atoms with Gasteiger partial charge in [0, 0.05) is 12.6 Å². The number of nitrogens with zero attached hydrogens (tertiary/aromatic N) is 1. The maximum Gasteiger partial charge on any atom is 0.240 e. The molecule has 1 unspecified atom stereocenters. The van der Waals surface area contributed by atoms with Crippen molar-refractivity contribution in [1.29, 1.82) is 0 Å². The molecule has 1 aromatic carbocycles.